The van der Waals surface area contributed by atoms with Gasteiger partial charge in [-0.1, -0.05) is 35.5 Å². The van der Waals surface area contributed by atoms with Crippen LogP contribution in [-0.4, -0.2) is 28.3 Å². The molecule has 0 bridgehead atoms. The molecule has 0 N–H and O–H groups in total. The van der Waals surface area contributed by atoms with Crippen molar-refractivity contribution < 1.29 is 13.9 Å². The summed E-state index contributed by atoms with van der Waals surface area (Å²) in [6.07, 6.45) is 0. The van der Waals surface area contributed by atoms with E-state index in [-0.39, 0.29) is 11.5 Å². The number of nitrogens with zero attached hydrogens (tertiary/aromatic N) is 2. The minimum Gasteiger partial charge on any atom is -0.494 e. The highest BCUT2D eigenvalue weighted by Gasteiger charge is 2.14. The van der Waals surface area contributed by atoms with E-state index in [2.05, 4.69) is 10.2 Å². The van der Waals surface area contributed by atoms with Crippen molar-refractivity contribution in [1.29, 1.82) is 0 Å². The van der Waals surface area contributed by atoms with E-state index in [4.69, 9.17) is 20.8 Å². The molecule has 0 spiro atoms. The fraction of sp³-hybridized carbons (Fsp3) is 0.167. The minimum absolute atomic E-state index is 0.0867. The number of halogens is 1. The van der Waals surface area contributed by atoms with E-state index in [0.717, 1.165) is 11.3 Å². The molecule has 0 unspecified atom stereocenters. The van der Waals surface area contributed by atoms with Gasteiger partial charge in [-0.15, -0.1) is 10.2 Å². The first-order valence-electron chi connectivity index (χ1n) is 7.64. The second kappa shape index (κ2) is 8.18. The molecule has 2 aromatic carbocycles. The van der Waals surface area contributed by atoms with Gasteiger partial charge in [-0.3, -0.25) is 4.79 Å². The molecule has 1 aromatic heterocycles. The Morgan fingerprint density at radius 1 is 1.16 bits per heavy atom. The molecule has 7 heteroatoms. The second-order valence-corrected chi connectivity index (χ2v) is 6.36. The van der Waals surface area contributed by atoms with Gasteiger partial charge in [-0.2, -0.15) is 0 Å². The first kappa shape index (κ1) is 17.5. The average molecular weight is 375 g/mol. The van der Waals surface area contributed by atoms with Crippen LogP contribution in [0.2, 0.25) is 5.02 Å². The molecule has 128 valence electrons. The Bertz CT molecular complexity index is 865. The van der Waals surface area contributed by atoms with Crippen molar-refractivity contribution in [2.24, 2.45) is 0 Å². The highest BCUT2D eigenvalue weighted by atomic mass is 35.5. The van der Waals surface area contributed by atoms with Crippen molar-refractivity contribution in [3.63, 3.8) is 0 Å². The van der Waals surface area contributed by atoms with E-state index in [1.807, 2.05) is 31.2 Å². The van der Waals surface area contributed by atoms with Crippen molar-refractivity contribution in [3.05, 3.63) is 59.1 Å². The molecule has 0 saturated carbocycles. The topological polar surface area (TPSA) is 65.2 Å². The van der Waals surface area contributed by atoms with E-state index >= 15 is 0 Å². The molecule has 0 aliphatic carbocycles. The fourth-order valence-electron chi connectivity index (χ4n) is 2.14. The third-order valence-corrected chi connectivity index (χ3v) is 4.47. The Morgan fingerprint density at radius 3 is 2.64 bits per heavy atom. The first-order valence-corrected chi connectivity index (χ1v) is 9.01. The van der Waals surface area contributed by atoms with Crippen molar-refractivity contribution in [3.8, 4) is 17.2 Å². The highest BCUT2D eigenvalue weighted by molar-refractivity contribution is 7.99. The number of carbonyl (C=O) groups is 1. The number of ketones is 1. The zero-order valence-corrected chi connectivity index (χ0v) is 15.0. The predicted molar refractivity (Wildman–Crippen MR) is 97.4 cm³/mol. The molecule has 3 rings (SSSR count). The van der Waals surface area contributed by atoms with Crippen molar-refractivity contribution >= 4 is 29.1 Å². The van der Waals surface area contributed by atoms with E-state index in [0.29, 0.717) is 28.3 Å². The van der Waals surface area contributed by atoms with E-state index < -0.39 is 0 Å². The van der Waals surface area contributed by atoms with Crippen LogP contribution in [-0.2, 0) is 0 Å². The summed E-state index contributed by atoms with van der Waals surface area (Å²) in [6, 6.07) is 14.3. The van der Waals surface area contributed by atoms with Gasteiger partial charge < -0.3 is 9.15 Å². The molecular formula is C18H15ClN2O3S. The molecule has 0 fully saturated rings. The lowest BCUT2D eigenvalue weighted by atomic mass is 10.1. The van der Waals surface area contributed by atoms with Crippen LogP contribution in [0, 0.1) is 0 Å². The third-order valence-electron chi connectivity index (χ3n) is 3.32. The van der Waals surface area contributed by atoms with Gasteiger partial charge in [0.2, 0.25) is 5.89 Å². The quantitative estimate of drug-likeness (QED) is 0.438. The van der Waals surface area contributed by atoms with Crippen molar-refractivity contribution in [2.45, 2.75) is 12.1 Å². The Hall–Kier alpha value is -2.31. The molecule has 1 heterocycles. The number of rotatable bonds is 7. The Labute approximate surface area is 154 Å². The number of Topliss-reactive ketones (excluding diaryl/α,β-unsaturated/α-hetero) is 1. The largest absolute Gasteiger partial charge is 0.494 e. The van der Waals surface area contributed by atoms with Crippen LogP contribution < -0.4 is 4.74 Å². The smallest absolute Gasteiger partial charge is 0.277 e. The molecule has 0 aliphatic heterocycles. The number of aromatic nitrogens is 2. The summed E-state index contributed by atoms with van der Waals surface area (Å²) in [7, 11) is 0. The molecule has 25 heavy (non-hydrogen) atoms. The zero-order chi connectivity index (χ0) is 17.6. The lowest BCUT2D eigenvalue weighted by molar-refractivity contribution is 0.102. The molecular weight excluding hydrogens is 360 g/mol. The lowest BCUT2D eigenvalue weighted by Crippen LogP contribution is -2.02. The molecule has 0 amide bonds. The van der Waals surface area contributed by atoms with Gasteiger partial charge in [0.05, 0.1) is 17.4 Å². The number of benzene rings is 2. The molecule has 0 radical (unpaired) electrons. The maximum Gasteiger partial charge on any atom is 0.277 e. The van der Waals surface area contributed by atoms with E-state index in [1.165, 1.54) is 11.8 Å². The van der Waals surface area contributed by atoms with Crippen LogP contribution in [0.25, 0.3) is 11.5 Å². The monoisotopic (exact) mass is 374 g/mol. The number of hydrogen-bond donors (Lipinski definition) is 0. The van der Waals surface area contributed by atoms with Gasteiger partial charge in [0.25, 0.3) is 5.22 Å². The number of carbonyl (C=O) groups excluding carboxylic acids is 1. The first-order chi connectivity index (χ1) is 12.2. The summed E-state index contributed by atoms with van der Waals surface area (Å²) in [5.41, 5.74) is 1.28. The third kappa shape index (κ3) is 4.41. The number of hydrogen-bond acceptors (Lipinski definition) is 6. The second-order valence-electron chi connectivity index (χ2n) is 5.02. The number of ether oxygens (including phenoxy) is 1. The normalized spacial score (nSPS) is 10.6. The molecule has 0 saturated heterocycles. The summed E-state index contributed by atoms with van der Waals surface area (Å²) in [5.74, 6) is 1.27. The molecule has 5 nitrogen and oxygen atoms in total. The summed E-state index contributed by atoms with van der Waals surface area (Å²) in [4.78, 5) is 12.2. The van der Waals surface area contributed by atoms with Crippen LogP contribution >= 0.6 is 23.4 Å². The Morgan fingerprint density at radius 2 is 1.92 bits per heavy atom. The van der Waals surface area contributed by atoms with Crippen LogP contribution in [0.5, 0.6) is 5.75 Å². The van der Waals surface area contributed by atoms with E-state index in [1.54, 1.807) is 24.3 Å². The lowest BCUT2D eigenvalue weighted by Gasteiger charge is -2.02. The van der Waals surface area contributed by atoms with Gasteiger partial charge in [0.1, 0.15) is 5.75 Å². The van der Waals surface area contributed by atoms with Crippen LogP contribution in [0.4, 0.5) is 0 Å². The maximum atomic E-state index is 12.2. The van der Waals surface area contributed by atoms with Crippen LogP contribution in [0.1, 0.15) is 17.3 Å². The van der Waals surface area contributed by atoms with Crippen LogP contribution in [0.15, 0.2) is 58.2 Å². The standard InChI is InChI=1S/C18H15ClN2O3S/c1-2-23-13-9-7-12(8-10-13)17-20-21-18(24-17)25-11-16(22)14-5-3-4-6-15(14)19/h3-10H,2,11H2,1H3. The highest BCUT2D eigenvalue weighted by Crippen LogP contribution is 2.26. The van der Waals surface area contributed by atoms with Gasteiger partial charge in [0, 0.05) is 11.1 Å². The SMILES string of the molecule is CCOc1ccc(-c2nnc(SCC(=O)c3ccccc3Cl)o2)cc1. The average Bonchev–Trinajstić information content (AvgIpc) is 3.10. The van der Waals surface area contributed by atoms with Crippen LogP contribution in [0.3, 0.4) is 0 Å². The van der Waals surface area contributed by atoms with Crippen molar-refractivity contribution in [2.75, 3.05) is 12.4 Å². The Balaban J connectivity index is 1.64. The summed E-state index contributed by atoms with van der Waals surface area (Å²) in [5, 5.41) is 8.76. The van der Waals surface area contributed by atoms with E-state index in [9.17, 15) is 4.79 Å². The van der Waals surface area contributed by atoms with Gasteiger partial charge in [0.15, 0.2) is 5.78 Å². The Kier molecular flexibility index (Phi) is 5.73. The predicted octanol–water partition coefficient (Wildman–Crippen LogP) is 4.76. The molecule has 0 aliphatic rings. The fourth-order valence-corrected chi connectivity index (χ4v) is 3.03. The van der Waals surface area contributed by atoms with Gasteiger partial charge in [-0.25, -0.2) is 0 Å². The van der Waals surface area contributed by atoms with Crippen molar-refractivity contribution in [1.82, 2.24) is 10.2 Å². The maximum absolute atomic E-state index is 12.2. The molecule has 0 atom stereocenters. The molecule has 3 aromatic rings. The number of thioether (sulfide) groups is 1. The summed E-state index contributed by atoms with van der Waals surface area (Å²) >= 11 is 7.21. The zero-order valence-electron chi connectivity index (χ0n) is 13.4. The van der Waals surface area contributed by atoms with Gasteiger partial charge in [-0.05, 0) is 43.3 Å². The summed E-state index contributed by atoms with van der Waals surface area (Å²) < 4.78 is 11.0. The minimum atomic E-state index is -0.0867. The summed E-state index contributed by atoms with van der Waals surface area (Å²) in [6.45, 7) is 2.54. The van der Waals surface area contributed by atoms with Gasteiger partial charge >= 0.3 is 0 Å².